The number of hydrogen-bond donors (Lipinski definition) is 2. The monoisotopic (exact) mass is 640 g/mol. The van der Waals surface area contributed by atoms with Crippen LogP contribution in [-0.2, 0) is 22.4 Å². The van der Waals surface area contributed by atoms with Crippen LogP contribution in [0, 0.1) is 6.92 Å². The van der Waals surface area contributed by atoms with E-state index >= 15 is 0 Å². The van der Waals surface area contributed by atoms with Gasteiger partial charge < -0.3 is 19.9 Å². The number of benzene rings is 3. The molecule has 1 aromatic heterocycles. The lowest BCUT2D eigenvalue weighted by molar-refractivity contribution is -0.274. The molecular formula is C31H31F3N6O4S. The van der Waals surface area contributed by atoms with E-state index in [1.807, 2.05) is 56.3 Å². The van der Waals surface area contributed by atoms with Gasteiger partial charge in [0.2, 0.25) is 12.3 Å². The van der Waals surface area contributed by atoms with E-state index in [-0.39, 0.29) is 23.5 Å². The predicted molar refractivity (Wildman–Crippen MR) is 166 cm³/mol. The van der Waals surface area contributed by atoms with Crippen molar-refractivity contribution in [2.45, 2.75) is 45.5 Å². The second-order valence-corrected chi connectivity index (χ2v) is 11.2. The van der Waals surface area contributed by atoms with Crippen molar-refractivity contribution in [3.63, 3.8) is 0 Å². The van der Waals surface area contributed by atoms with Gasteiger partial charge in [-0.05, 0) is 73.9 Å². The molecule has 1 saturated heterocycles. The van der Waals surface area contributed by atoms with Crippen LogP contribution < -0.4 is 15.0 Å². The molecule has 14 heteroatoms. The van der Waals surface area contributed by atoms with Crippen LogP contribution in [0.4, 0.5) is 24.5 Å². The summed E-state index contributed by atoms with van der Waals surface area (Å²) in [5, 5.41) is 18.5. The molecule has 236 valence electrons. The minimum absolute atomic E-state index is 0.127. The topological polar surface area (TPSA) is 114 Å². The van der Waals surface area contributed by atoms with Crippen molar-refractivity contribution < 1.29 is 32.5 Å². The number of aliphatic hydroxyl groups excluding tert-OH is 1. The van der Waals surface area contributed by atoms with Crippen molar-refractivity contribution in [1.29, 1.82) is 0 Å². The quantitative estimate of drug-likeness (QED) is 0.198. The number of carbonyl (C=O) groups is 1. The van der Waals surface area contributed by atoms with E-state index in [4.69, 9.17) is 4.74 Å². The molecule has 3 aromatic carbocycles. The fourth-order valence-electron chi connectivity index (χ4n) is 4.66. The van der Waals surface area contributed by atoms with E-state index < -0.39 is 12.7 Å². The van der Waals surface area contributed by atoms with Crippen LogP contribution in [0.1, 0.15) is 35.5 Å². The number of thioether (sulfide) groups is 1. The number of amidine groups is 1. The SMILES string of the molecule is COC(C)c1ccc(C)cc1N1C(=O)CSC1=NC(O)Nc1ccc(CCc2ncn(-c3ccc(OC(F)(F)F)cc3)n2)cc1. The fourth-order valence-corrected chi connectivity index (χ4v) is 5.54. The fraction of sp³-hybridized carbons (Fsp3) is 0.290. The number of hydrogen-bond acceptors (Lipinski definition) is 9. The molecule has 0 saturated carbocycles. The second kappa shape index (κ2) is 13.7. The molecular weight excluding hydrogens is 609 g/mol. The van der Waals surface area contributed by atoms with E-state index in [0.717, 1.165) is 16.7 Å². The molecule has 2 N–H and O–H groups in total. The van der Waals surface area contributed by atoms with Crippen LogP contribution in [0.15, 0.2) is 78.0 Å². The zero-order valence-corrected chi connectivity index (χ0v) is 25.5. The average Bonchev–Trinajstić information content (AvgIpc) is 3.62. The van der Waals surface area contributed by atoms with Gasteiger partial charge >= 0.3 is 6.36 Å². The Kier molecular flexibility index (Phi) is 9.75. The molecule has 0 aliphatic carbocycles. The zero-order valence-electron chi connectivity index (χ0n) is 24.7. The number of rotatable bonds is 11. The first-order chi connectivity index (χ1) is 21.5. The molecule has 1 aliphatic rings. The van der Waals surface area contributed by atoms with Crippen LogP contribution in [0.2, 0.25) is 0 Å². The van der Waals surface area contributed by atoms with E-state index in [0.29, 0.717) is 40.9 Å². The number of halogens is 3. The summed E-state index contributed by atoms with van der Waals surface area (Å²) >= 11 is 1.26. The number of aryl methyl sites for hydroxylation is 3. The molecule has 0 radical (unpaired) electrons. The molecule has 0 spiro atoms. The summed E-state index contributed by atoms with van der Waals surface area (Å²) in [6.45, 7) is 3.85. The number of methoxy groups -OCH3 is 1. The third kappa shape index (κ3) is 8.21. The Bertz CT molecular complexity index is 1660. The lowest BCUT2D eigenvalue weighted by atomic mass is 10.0. The summed E-state index contributed by atoms with van der Waals surface area (Å²) in [7, 11) is 1.61. The Balaban J connectivity index is 1.18. The Labute approximate surface area is 261 Å². The number of alkyl halides is 3. The smallest absolute Gasteiger partial charge is 0.406 e. The number of amides is 1. The normalized spacial score (nSPS) is 15.8. The van der Waals surface area contributed by atoms with Crippen LogP contribution in [0.25, 0.3) is 5.69 Å². The number of aliphatic hydroxyl groups is 1. The lowest BCUT2D eigenvalue weighted by Gasteiger charge is -2.23. The van der Waals surface area contributed by atoms with Crippen molar-refractivity contribution in [1.82, 2.24) is 14.8 Å². The first kappa shape index (κ1) is 32.0. The van der Waals surface area contributed by atoms with Gasteiger partial charge in [0, 0.05) is 24.8 Å². The summed E-state index contributed by atoms with van der Waals surface area (Å²) in [4.78, 5) is 23.1. The zero-order chi connectivity index (χ0) is 32.1. The van der Waals surface area contributed by atoms with E-state index in [1.165, 1.54) is 51.9 Å². The van der Waals surface area contributed by atoms with Crippen LogP contribution in [-0.4, -0.2) is 56.5 Å². The number of ether oxygens (including phenoxy) is 2. The molecule has 45 heavy (non-hydrogen) atoms. The standard InChI is InChI=1S/C31H31F3N6O4S/c1-19-4-14-25(20(2)43-3)26(16-19)40-28(41)17-45-30(40)37-29(42)36-22-8-5-21(6-9-22)7-15-27-35-18-39(38-27)23-10-12-24(13-11-23)44-31(32,33)34/h4-6,8-14,16,18,20,29,36,42H,7,15,17H2,1-3H3. The number of nitrogens with one attached hydrogen (secondary N) is 1. The maximum absolute atomic E-state index is 12.9. The average molecular weight is 641 g/mol. The number of nitrogens with zero attached hydrogens (tertiary/aromatic N) is 5. The Morgan fingerprint density at radius 1 is 1.09 bits per heavy atom. The molecule has 10 nitrogen and oxygen atoms in total. The van der Waals surface area contributed by atoms with Gasteiger partial charge in [-0.1, -0.05) is 36.0 Å². The van der Waals surface area contributed by atoms with Crippen molar-refractivity contribution in [3.05, 3.63) is 95.6 Å². The van der Waals surface area contributed by atoms with Crippen LogP contribution >= 0.6 is 11.8 Å². The molecule has 0 bridgehead atoms. The largest absolute Gasteiger partial charge is 0.573 e. The summed E-state index contributed by atoms with van der Waals surface area (Å²) < 4.78 is 48.1. The van der Waals surface area contributed by atoms with E-state index in [9.17, 15) is 23.1 Å². The summed E-state index contributed by atoms with van der Waals surface area (Å²) in [6.07, 6.45) is -3.61. The van der Waals surface area contributed by atoms with Gasteiger partial charge in [0.15, 0.2) is 11.0 Å². The lowest BCUT2D eigenvalue weighted by Crippen LogP contribution is -2.32. The van der Waals surface area contributed by atoms with Crippen molar-refractivity contribution >= 4 is 34.2 Å². The maximum atomic E-state index is 12.9. The first-order valence-electron chi connectivity index (χ1n) is 14.0. The van der Waals surface area contributed by atoms with E-state index in [2.05, 4.69) is 25.1 Å². The van der Waals surface area contributed by atoms with Gasteiger partial charge in [0.25, 0.3) is 0 Å². The molecule has 1 amide bonds. The highest BCUT2D eigenvalue weighted by Gasteiger charge is 2.33. The van der Waals surface area contributed by atoms with Gasteiger partial charge in [-0.25, -0.2) is 14.7 Å². The molecule has 2 unspecified atom stereocenters. The highest BCUT2D eigenvalue weighted by molar-refractivity contribution is 8.15. The molecule has 5 rings (SSSR count). The van der Waals surface area contributed by atoms with Crippen LogP contribution in [0.5, 0.6) is 5.75 Å². The highest BCUT2D eigenvalue weighted by Crippen LogP contribution is 2.35. The second-order valence-electron chi connectivity index (χ2n) is 10.2. The maximum Gasteiger partial charge on any atom is 0.573 e. The van der Waals surface area contributed by atoms with Gasteiger partial charge in [-0.3, -0.25) is 9.69 Å². The number of carbonyl (C=O) groups excluding carboxylic acids is 1. The van der Waals surface area contributed by atoms with Gasteiger partial charge in [0.05, 0.1) is 23.2 Å². The van der Waals surface area contributed by atoms with Crippen molar-refractivity contribution in [2.24, 2.45) is 4.99 Å². The van der Waals surface area contributed by atoms with Crippen molar-refractivity contribution in [3.8, 4) is 11.4 Å². The third-order valence-electron chi connectivity index (χ3n) is 6.98. The Hall–Kier alpha value is -4.40. The number of anilines is 2. The van der Waals surface area contributed by atoms with Gasteiger partial charge in [-0.2, -0.15) is 5.10 Å². The predicted octanol–water partition coefficient (Wildman–Crippen LogP) is 5.79. The molecule has 2 atom stereocenters. The van der Waals surface area contributed by atoms with Gasteiger partial charge in [-0.15, -0.1) is 13.2 Å². The Morgan fingerprint density at radius 3 is 2.51 bits per heavy atom. The number of aromatic nitrogens is 3. The van der Waals surface area contributed by atoms with Gasteiger partial charge in [0.1, 0.15) is 12.1 Å². The highest BCUT2D eigenvalue weighted by atomic mass is 32.2. The molecule has 2 heterocycles. The molecule has 1 aliphatic heterocycles. The minimum Gasteiger partial charge on any atom is -0.406 e. The van der Waals surface area contributed by atoms with Crippen molar-refractivity contribution in [2.75, 3.05) is 23.1 Å². The summed E-state index contributed by atoms with van der Waals surface area (Å²) in [6, 6.07) is 18.6. The summed E-state index contributed by atoms with van der Waals surface area (Å²) in [5.41, 5.74) is 4.71. The molecule has 1 fully saturated rings. The number of aliphatic imine (C=N–C) groups is 1. The first-order valence-corrected chi connectivity index (χ1v) is 14.9. The molecule has 4 aromatic rings. The summed E-state index contributed by atoms with van der Waals surface area (Å²) in [5.74, 6) is 0.347. The van der Waals surface area contributed by atoms with Crippen LogP contribution in [0.3, 0.4) is 0 Å². The van der Waals surface area contributed by atoms with E-state index in [1.54, 1.807) is 7.11 Å². The Morgan fingerprint density at radius 2 is 1.82 bits per heavy atom. The minimum atomic E-state index is -4.75. The third-order valence-corrected chi connectivity index (χ3v) is 7.92.